The van der Waals surface area contributed by atoms with E-state index < -0.39 is 0 Å². The van der Waals surface area contributed by atoms with Gasteiger partial charge in [0.05, 0.1) is 23.9 Å². The molecule has 0 bridgehead atoms. The lowest BCUT2D eigenvalue weighted by Crippen LogP contribution is -2.27. The largest absolute Gasteiger partial charge is 0.496 e. The van der Waals surface area contributed by atoms with E-state index in [0.29, 0.717) is 20.7 Å². The predicted molar refractivity (Wildman–Crippen MR) is 101 cm³/mol. The highest BCUT2D eigenvalue weighted by molar-refractivity contribution is 9.10. The third-order valence-electron chi connectivity index (χ3n) is 3.18. The SMILES string of the molecule is COc1ccc(Br)cc1/C=C1\SC(=S)N(c2cccnc2)C1=O. The Morgan fingerprint density at radius 3 is 2.91 bits per heavy atom. The van der Waals surface area contributed by atoms with Gasteiger partial charge < -0.3 is 4.74 Å². The minimum absolute atomic E-state index is 0.157. The molecule has 0 saturated carbocycles. The number of methoxy groups -OCH3 is 1. The maximum atomic E-state index is 12.7. The summed E-state index contributed by atoms with van der Waals surface area (Å²) < 4.78 is 6.74. The number of carbonyl (C=O) groups is 1. The zero-order valence-electron chi connectivity index (χ0n) is 12.0. The second kappa shape index (κ2) is 6.82. The van der Waals surface area contributed by atoms with Crippen LogP contribution in [0, 0.1) is 0 Å². The number of anilines is 1. The Bertz CT molecular complexity index is 809. The van der Waals surface area contributed by atoms with Crippen molar-refractivity contribution in [1.82, 2.24) is 4.98 Å². The number of pyridine rings is 1. The van der Waals surface area contributed by atoms with Gasteiger partial charge in [-0.1, -0.05) is 39.9 Å². The number of ether oxygens (including phenoxy) is 1. The minimum Gasteiger partial charge on any atom is -0.496 e. The molecule has 1 aromatic heterocycles. The maximum absolute atomic E-state index is 12.7. The Morgan fingerprint density at radius 1 is 1.39 bits per heavy atom. The van der Waals surface area contributed by atoms with Gasteiger partial charge in [-0.15, -0.1) is 0 Å². The highest BCUT2D eigenvalue weighted by Crippen LogP contribution is 2.37. The molecule has 1 aromatic carbocycles. The Balaban J connectivity index is 1.98. The molecule has 0 aliphatic carbocycles. The Morgan fingerprint density at radius 2 is 2.22 bits per heavy atom. The van der Waals surface area contributed by atoms with Crippen LogP contribution < -0.4 is 9.64 Å². The Kier molecular flexibility index (Phi) is 4.79. The first-order valence-corrected chi connectivity index (χ1v) is 8.63. The molecule has 0 atom stereocenters. The van der Waals surface area contributed by atoms with Crippen LogP contribution in [0.2, 0.25) is 0 Å². The van der Waals surface area contributed by atoms with E-state index in [1.165, 1.54) is 16.7 Å². The fourth-order valence-electron chi connectivity index (χ4n) is 2.14. The minimum atomic E-state index is -0.157. The first-order valence-electron chi connectivity index (χ1n) is 6.61. The summed E-state index contributed by atoms with van der Waals surface area (Å²) in [5.74, 6) is 0.537. The molecule has 1 aliphatic rings. The molecule has 23 heavy (non-hydrogen) atoms. The topological polar surface area (TPSA) is 42.4 Å². The predicted octanol–water partition coefficient (Wildman–Crippen LogP) is 4.26. The smallest absolute Gasteiger partial charge is 0.270 e. The summed E-state index contributed by atoms with van der Waals surface area (Å²) in [7, 11) is 1.60. The maximum Gasteiger partial charge on any atom is 0.270 e. The average molecular weight is 407 g/mol. The van der Waals surface area contributed by atoms with E-state index in [9.17, 15) is 4.79 Å². The fraction of sp³-hybridized carbons (Fsp3) is 0.0625. The van der Waals surface area contributed by atoms with Crippen molar-refractivity contribution < 1.29 is 9.53 Å². The van der Waals surface area contributed by atoms with Gasteiger partial charge in [-0.2, -0.15) is 0 Å². The zero-order valence-corrected chi connectivity index (χ0v) is 15.2. The van der Waals surface area contributed by atoms with E-state index in [2.05, 4.69) is 20.9 Å². The standard InChI is InChI=1S/C16H11BrN2O2S2/c1-21-13-5-4-11(17)7-10(13)8-14-15(20)19(16(22)23-14)12-3-2-6-18-9-12/h2-9H,1H3/b14-8-. The lowest BCUT2D eigenvalue weighted by atomic mass is 10.2. The normalized spacial score (nSPS) is 16.3. The molecule has 1 saturated heterocycles. The summed E-state index contributed by atoms with van der Waals surface area (Å²) in [5, 5.41) is 0. The first kappa shape index (κ1) is 16.2. The Labute approximate surface area is 151 Å². The number of benzene rings is 1. The molecule has 116 valence electrons. The van der Waals surface area contributed by atoms with E-state index in [1.807, 2.05) is 18.2 Å². The molecule has 1 aliphatic heterocycles. The summed E-state index contributed by atoms with van der Waals surface area (Å²) in [4.78, 5) is 18.8. The van der Waals surface area contributed by atoms with Gasteiger partial charge in [0.15, 0.2) is 4.32 Å². The fourth-order valence-corrected chi connectivity index (χ4v) is 3.80. The molecule has 4 nitrogen and oxygen atoms in total. The number of hydrogen-bond acceptors (Lipinski definition) is 5. The van der Waals surface area contributed by atoms with Crippen LogP contribution in [0.1, 0.15) is 5.56 Å². The number of thioether (sulfide) groups is 1. The van der Waals surface area contributed by atoms with E-state index >= 15 is 0 Å². The van der Waals surface area contributed by atoms with Gasteiger partial charge >= 0.3 is 0 Å². The molecule has 0 spiro atoms. The van der Waals surface area contributed by atoms with Crippen molar-refractivity contribution in [2.75, 3.05) is 12.0 Å². The first-order chi connectivity index (χ1) is 11.1. The number of thiocarbonyl (C=S) groups is 1. The molecule has 2 heterocycles. The van der Waals surface area contributed by atoms with E-state index in [1.54, 1.807) is 37.7 Å². The summed E-state index contributed by atoms with van der Waals surface area (Å²) in [6.45, 7) is 0. The monoisotopic (exact) mass is 406 g/mol. The van der Waals surface area contributed by atoms with Gasteiger partial charge in [0.25, 0.3) is 5.91 Å². The van der Waals surface area contributed by atoms with Crippen molar-refractivity contribution >= 4 is 61.9 Å². The van der Waals surface area contributed by atoms with Crippen molar-refractivity contribution in [1.29, 1.82) is 0 Å². The third-order valence-corrected chi connectivity index (χ3v) is 4.97. The van der Waals surface area contributed by atoms with Crippen LogP contribution in [0.3, 0.4) is 0 Å². The number of hydrogen-bond donors (Lipinski definition) is 0. The van der Waals surface area contributed by atoms with Crippen LogP contribution in [0.15, 0.2) is 52.1 Å². The van der Waals surface area contributed by atoms with Gasteiger partial charge in [0.2, 0.25) is 0 Å². The summed E-state index contributed by atoms with van der Waals surface area (Å²) in [6.07, 6.45) is 5.07. The van der Waals surface area contributed by atoms with E-state index in [0.717, 1.165) is 10.0 Å². The van der Waals surface area contributed by atoms with Crippen molar-refractivity contribution in [3.8, 4) is 5.75 Å². The second-order valence-electron chi connectivity index (χ2n) is 4.61. The molecule has 0 radical (unpaired) electrons. The van der Waals surface area contributed by atoms with Crippen molar-refractivity contribution in [2.24, 2.45) is 0 Å². The van der Waals surface area contributed by atoms with Gasteiger partial charge in [-0.3, -0.25) is 14.7 Å². The lowest BCUT2D eigenvalue weighted by molar-refractivity contribution is -0.113. The number of nitrogens with zero attached hydrogens (tertiary/aromatic N) is 2. The quantitative estimate of drug-likeness (QED) is 0.562. The molecular formula is C16H11BrN2O2S2. The van der Waals surface area contributed by atoms with Crippen LogP contribution in [0.4, 0.5) is 5.69 Å². The van der Waals surface area contributed by atoms with Gasteiger partial charge in [-0.25, -0.2) is 0 Å². The molecule has 0 unspecified atom stereocenters. The summed E-state index contributed by atoms with van der Waals surface area (Å²) in [6, 6.07) is 9.21. The molecule has 7 heteroatoms. The van der Waals surface area contributed by atoms with Gasteiger partial charge in [-0.05, 0) is 36.4 Å². The number of amides is 1. The highest BCUT2D eigenvalue weighted by atomic mass is 79.9. The highest BCUT2D eigenvalue weighted by Gasteiger charge is 2.33. The van der Waals surface area contributed by atoms with E-state index in [-0.39, 0.29) is 5.91 Å². The second-order valence-corrected chi connectivity index (χ2v) is 7.21. The van der Waals surface area contributed by atoms with Crippen molar-refractivity contribution in [3.05, 3.63) is 57.7 Å². The van der Waals surface area contributed by atoms with Crippen LogP contribution >= 0.6 is 39.9 Å². The van der Waals surface area contributed by atoms with Crippen LogP contribution in [-0.2, 0) is 4.79 Å². The third kappa shape index (κ3) is 3.31. The van der Waals surface area contributed by atoms with Crippen molar-refractivity contribution in [3.63, 3.8) is 0 Å². The molecule has 3 rings (SSSR count). The molecule has 1 fully saturated rings. The summed E-state index contributed by atoms with van der Waals surface area (Å²) >= 11 is 10.0. The van der Waals surface area contributed by atoms with E-state index in [4.69, 9.17) is 17.0 Å². The number of rotatable bonds is 3. The molecule has 2 aromatic rings. The molecular weight excluding hydrogens is 396 g/mol. The summed E-state index contributed by atoms with van der Waals surface area (Å²) in [5.41, 5.74) is 1.48. The molecule has 1 amide bonds. The van der Waals surface area contributed by atoms with Crippen LogP contribution in [0.25, 0.3) is 6.08 Å². The van der Waals surface area contributed by atoms with Crippen LogP contribution in [0.5, 0.6) is 5.75 Å². The van der Waals surface area contributed by atoms with Gasteiger partial charge in [0, 0.05) is 16.2 Å². The zero-order chi connectivity index (χ0) is 16.4. The number of aromatic nitrogens is 1. The average Bonchev–Trinajstić information content (AvgIpc) is 2.82. The number of carbonyl (C=O) groups excluding carboxylic acids is 1. The van der Waals surface area contributed by atoms with Gasteiger partial charge in [0.1, 0.15) is 5.75 Å². The number of halogens is 1. The lowest BCUT2D eigenvalue weighted by Gasteiger charge is -2.13. The Hall–Kier alpha value is -1.70. The van der Waals surface area contributed by atoms with Crippen LogP contribution in [-0.4, -0.2) is 22.3 Å². The molecule has 0 N–H and O–H groups in total. The van der Waals surface area contributed by atoms with Crippen molar-refractivity contribution in [2.45, 2.75) is 0 Å².